The van der Waals surface area contributed by atoms with E-state index in [0.29, 0.717) is 47.9 Å². The molecular formula is C23H24N2O8. The molecule has 0 bridgehead atoms. The van der Waals surface area contributed by atoms with Crippen LogP contribution in [0.4, 0.5) is 11.4 Å². The molecular weight excluding hydrogens is 432 g/mol. The maximum absolute atomic E-state index is 12.6. The van der Waals surface area contributed by atoms with E-state index >= 15 is 0 Å². The van der Waals surface area contributed by atoms with Crippen molar-refractivity contribution < 1.29 is 33.5 Å². The summed E-state index contributed by atoms with van der Waals surface area (Å²) in [6.07, 6.45) is 4.00. The van der Waals surface area contributed by atoms with Gasteiger partial charge in [-0.3, -0.25) is 14.9 Å². The van der Waals surface area contributed by atoms with E-state index < -0.39 is 23.4 Å². The molecule has 3 rings (SSSR count). The van der Waals surface area contributed by atoms with Crippen LogP contribution in [-0.4, -0.2) is 51.3 Å². The Morgan fingerprint density at radius 2 is 1.79 bits per heavy atom. The molecule has 0 saturated heterocycles. The van der Waals surface area contributed by atoms with Gasteiger partial charge in [-0.15, -0.1) is 0 Å². The first-order valence-electron chi connectivity index (χ1n) is 10.1. The Morgan fingerprint density at radius 1 is 1.09 bits per heavy atom. The summed E-state index contributed by atoms with van der Waals surface area (Å²) >= 11 is 0. The SMILES string of the molecule is COc1cc(/C=C/C(=O)OCC(=O)N2CCCc3cc([N+](=O)[O-])ccc32)cc(OC)c1OC. The second-order valence-corrected chi connectivity index (χ2v) is 7.12. The minimum atomic E-state index is -0.696. The van der Waals surface area contributed by atoms with Crippen molar-refractivity contribution in [2.24, 2.45) is 0 Å². The number of nitrogens with zero attached hydrogens (tertiary/aromatic N) is 2. The Hall–Kier alpha value is -4.08. The first kappa shape index (κ1) is 23.6. The fourth-order valence-electron chi connectivity index (χ4n) is 3.58. The van der Waals surface area contributed by atoms with Crippen LogP contribution in [0.25, 0.3) is 6.08 Å². The lowest BCUT2D eigenvalue weighted by atomic mass is 10.0. The Bertz CT molecular complexity index is 1070. The summed E-state index contributed by atoms with van der Waals surface area (Å²) in [5.74, 6) is 0.197. The zero-order valence-electron chi connectivity index (χ0n) is 18.5. The molecule has 0 saturated carbocycles. The van der Waals surface area contributed by atoms with Crippen LogP contribution in [0, 0.1) is 10.1 Å². The van der Waals surface area contributed by atoms with E-state index in [-0.39, 0.29) is 5.69 Å². The van der Waals surface area contributed by atoms with Crippen molar-refractivity contribution in [3.8, 4) is 17.2 Å². The fourth-order valence-corrected chi connectivity index (χ4v) is 3.58. The van der Waals surface area contributed by atoms with Gasteiger partial charge in [-0.1, -0.05) is 0 Å². The van der Waals surface area contributed by atoms with E-state index in [2.05, 4.69) is 0 Å². The van der Waals surface area contributed by atoms with Crippen molar-refractivity contribution in [3.63, 3.8) is 0 Å². The maximum Gasteiger partial charge on any atom is 0.331 e. The molecule has 1 aliphatic heterocycles. The maximum atomic E-state index is 12.6. The molecule has 0 radical (unpaired) electrons. The van der Waals surface area contributed by atoms with Crippen LogP contribution in [0.5, 0.6) is 17.2 Å². The molecule has 0 spiro atoms. The van der Waals surface area contributed by atoms with Gasteiger partial charge in [0.15, 0.2) is 18.1 Å². The summed E-state index contributed by atoms with van der Waals surface area (Å²) in [4.78, 5) is 36.8. The highest BCUT2D eigenvalue weighted by atomic mass is 16.6. The lowest BCUT2D eigenvalue weighted by molar-refractivity contribution is -0.384. The number of benzene rings is 2. The van der Waals surface area contributed by atoms with Gasteiger partial charge in [-0.2, -0.15) is 0 Å². The molecule has 2 aromatic carbocycles. The molecule has 0 fully saturated rings. The number of fused-ring (bicyclic) bond motifs is 1. The zero-order chi connectivity index (χ0) is 24.0. The molecule has 0 unspecified atom stereocenters. The lowest BCUT2D eigenvalue weighted by Crippen LogP contribution is -2.38. The summed E-state index contributed by atoms with van der Waals surface area (Å²) in [5, 5.41) is 11.0. The number of rotatable bonds is 8. The molecule has 0 aliphatic carbocycles. The van der Waals surface area contributed by atoms with Crippen LogP contribution in [0.15, 0.2) is 36.4 Å². The average Bonchev–Trinajstić information content (AvgIpc) is 2.84. The van der Waals surface area contributed by atoms with E-state index in [0.717, 1.165) is 5.56 Å². The molecule has 1 aliphatic rings. The molecule has 2 aromatic rings. The van der Waals surface area contributed by atoms with Gasteiger partial charge in [0.2, 0.25) is 5.75 Å². The first-order valence-corrected chi connectivity index (χ1v) is 10.1. The van der Waals surface area contributed by atoms with Crippen LogP contribution < -0.4 is 19.1 Å². The lowest BCUT2D eigenvalue weighted by Gasteiger charge is -2.29. The molecule has 1 heterocycles. The topological polar surface area (TPSA) is 117 Å². The molecule has 10 heteroatoms. The monoisotopic (exact) mass is 456 g/mol. The number of ether oxygens (including phenoxy) is 4. The van der Waals surface area contributed by atoms with Crippen LogP contribution >= 0.6 is 0 Å². The highest BCUT2D eigenvalue weighted by Crippen LogP contribution is 2.38. The van der Waals surface area contributed by atoms with E-state index in [1.165, 1.54) is 50.5 Å². The molecule has 174 valence electrons. The third-order valence-corrected chi connectivity index (χ3v) is 5.13. The van der Waals surface area contributed by atoms with E-state index in [1.54, 1.807) is 18.2 Å². The van der Waals surface area contributed by atoms with Gasteiger partial charge in [0.25, 0.3) is 11.6 Å². The van der Waals surface area contributed by atoms with E-state index in [4.69, 9.17) is 18.9 Å². The highest BCUT2D eigenvalue weighted by Gasteiger charge is 2.25. The van der Waals surface area contributed by atoms with Crippen LogP contribution in [0.3, 0.4) is 0 Å². The quantitative estimate of drug-likeness (QED) is 0.257. The molecule has 33 heavy (non-hydrogen) atoms. The van der Waals surface area contributed by atoms with Crippen molar-refractivity contribution in [3.05, 3.63) is 57.6 Å². The number of methoxy groups -OCH3 is 3. The second kappa shape index (κ2) is 10.5. The Labute approximate surface area is 190 Å². The summed E-state index contributed by atoms with van der Waals surface area (Å²) in [6, 6.07) is 7.72. The van der Waals surface area contributed by atoms with Gasteiger partial charge >= 0.3 is 5.97 Å². The molecule has 10 nitrogen and oxygen atoms in total. The van der Waals surface area contributed by atoms with Crippen LogP contribution in [0.1, 0.15) is 17.5 Å². The first-order chi connectivity index (χ1) is 15.9. The number of carbonyl (C=O) groups is 2. The fraction of sp³-hybridized carbons (Fsp3) is 0.304. The molecule has 1 amide bonds. The number of esters is 1. The normalized spacial score (nSPS) is 12.8. The number of hydrogen-bond donors (Lipinski definition) is 0. The van der Waals surface area contributed by atoms with Crippen molar-refractivity contribution in [2.45, 2.75) is 12.8 Å². The summed E-state index contributed by atoms with van der Waals surface area (Å²) in [5.41, 5.74) is 1.91. The largest absolute Gasteiger partial charge is 0.493 e. The highest BCUT2D eigenvalue weighted by molar-refractivity contribution is 5.97. The molecule has 0 aromatic heterocycles. The minimum absolute atomic E-state index is 0.0218. The Kier molecular flexibility index (Phi) is 7.50. The van der Waals surface area contributed by atoms with Gasteiger partial charge in [-0.25, -0.2) is 4.79 Å². The summed E-state index contributed by atoms with van der Waals surface area (Å²) in [7, 11) is 4.47. The van der Waals surface area contributed by atoms with Gasteiger partial charge in [0, 0.05) is 30.4 Å². The number of non-ortho nitro benzene ring substituents is 1. The van der Waals surface area contributed by atoms with Gasteiger partial charge in [-0.05, 0) is 48.2 Å². The molecule has 0 atom stereocenters. The number of nitro groups is 1. The van der Waals surface area contributed by atoms with Crippen molar-refractivity contribution in [1.29, 1.82) is 0 Å². The van der Waals surface area contributed by atoms with Crippen molar-refractivity contribution in [1.82, 2.24) is 0 Å². The third-order valence-electron chi connectivity index (χ3n) is 5.13. The zero-order valence-corrected chi connectivity index (χ0v) is 18.5. The Morgan fingerprint density at radius 3 is 2.39 bits per heavy atom. The van der Waals surface area contributed by atoms with Gasteiger partial charge < -0.3 is 23.8 Å². The standard InChI is InChI=1S/C23H24N2O8/c1-30-19-11-15(12-20(31-2)23(19)32-3)6-9-22(27)33-14-21(26)24-10-4-5-16-13-17(25(28)29)7-8-18(16)24/h6-9,11-13H,4-5,10,14H2,1-3H3/b9-6+. The van der Waals surface area contributed by atoms with Crippen LogP contribution in [0.2, 0.25) is 0 Å². The third kappa shape index (κ3) is 5.40. The number of aryl methyl sites for hydroxylation is 1. The number of carbonyl (C=O) groups excluding carboxylic acids is 2. The second-order valence-electron chi connectivity index (χ2n) is 7.12. The minimum Gasteiger partial charge on any atom is -0.493 e. The average molecular weight is 456 g/mol. The van der Waals surface area contributed by atoms with E-state index in [1.807, 2.05) is 0 Å². The van der Waals surface area contributed by atoms with Crippen molar-refractivity contribution >= 4 is 29.3 Å². The molecule has 0 N–H and O–H groups in total. The number of hydrogen-bond acceptors (Lipinski definition) is 8. The number of anilines is 1. The number of nitro benzene ring substituents is 1. The number of amides is 1. The summed E-state index contributed by atoms with van der Waals surface area (Å²) in [6.45, 7) is -0.00265. The smallest absolute Gasteiger partial charge is 0.331 e. The Balaban J connectivity index is 1.65. The predicted octanol–water partition coefficient (Wildman–Crippen LogP) is 3.16. The predicted molar refractivity (Wildman–Crippen MR) is 120 cm³/mol. The van der Waals surface area contributed by atoms with Gasteiger partial charge in [0.05, 0.1) is 26.3 Å². The van der Waals surface area contributed by atoms with Gasteiger partial charge in [0.1, 0.15) is 0 Å². The summed E-state index contributed by atoms with van der Waals surface area (Å²) < 4.78 is 20.9. The van der Waals surface area contributed by atoms with E-state index in [9.17, 15) is 19.7 Å². The van der Waals surface area contributed by atoms with Crippen LogP contribution in [-0.2, 0) is 20.7 Å². The van der Waals surface area contributed by atoms with Crippen molar-refractivity contribution in [2.75, 3.05) is 39.4 Å².